The van der Waals surface area contributed by atoms with Crippen LogP contribution in [0.3, 0.4) is 0 Å². The van der Waals surface area contributed by atoms with Gasteiger partial charge in [-0.15, -0.1) is 0 Å². The van der Waals surface area contributed by atoms with E-state index in [4.69, 9.17) is 0 Å². The molecule has 0 aromatic carbocycles. The van der Waals surface area contributed by atoms with Gasteiger partial charge in [0.25, 0.3) is 0 Å². The standard InChI is InChI=1S/C7H16N.C2H6/c1-8(2)6-4-3-5-7-8;1-2/h3-7H2,1-2H3;1-2H3/q+1;. The van der Waals surface area contributed by atoms with Gasteiger partial charge in [-0.1, -0.05) is 13.8 Å². The molecule has 1 fully saturated rings. The molecule has 62 valence electrons. The summed E-state index contributed by atoms with van der Waals surface area (Å²) >= 11 is 0. The van der Waals surface area contributed by atoms with E-state index in [0.29, 0.717) is 0 Å². The molecular weight excluding hydrogens is 122 g/mol. The lowest BCUT2D eigenvalue weighted by Crippen LogP contribution is -2.43. The summed E-state index contributed by atoms with van der Waals surface area (Å²) in [5, 5.41) is 0. The Bertz CT molecular complexity index is 68.8. The zero-order chi connectivity index (χ0) is 8.04. The first-order valence-corrected chi connectivity index (χ1v) is 4.53. The summed E-state index contributed by atoms with van der Waals surface area (Å²) in [5.74, 6) is 0. The number of rotatable bonds is 0. The van der Waals surface area contributed by atoms with Crippen LogP contribution >= 0.6 is 0 Å². The van der Waals surface area contributed by atoms with Gasteiger partial charge in [-0.2, -0.15) is 0 Å². The van der Waals surface area contributed by atoms with Crippen LogP contribution in [0.5, 0.6) is 0 Å². The lowest BCUT2D eigenvalue weighted by atomic mass is 10.1. The van der Waals surface area contributed by atoms with Crippen molar-refractivity contribution in [3.63, 3.8) is 0 Å². The molecule has 1 aliphatic rings. The van der Waals surface area contributed by atoms with Gasteiger partial charge in [0.2, 0.25) is 0 Å². The van der Waals surface area contributed by atoms with Crippen molar-refractivity contribution in [2.45, 2.75) is 33.1 Å². The van der Waals surface area contributed by atoms with Crippen molar-refractivity contribution in [2.24, 2.45) is 0 Å². The van der Waals surface area contributed by atoms with Gasteiger partial charge in [-0.25, -0.2) is 0 Å². The highest BCUT2D eigenvalue weighted by molar-refractivity contribution is 4.47. The molecule has 0 spiro atoms. The molecule has 0 aromatic rings. The maximum atomic E-state index is 2.32. The highest BCUT2D eigenvalue weighted by atomic mass is 15.3. The van der Waals surface area contributed by atoms with E-state index in [1.165, 1.54) is 36.8 Å². The van der Waals surface area contributed by atoms with Gasteiger partial charge >= 0.3 is 0 Å². The number of piperidine rings is 1. The second-order valence-electron chi connectivity index (χ2n) is 3.44. The van der Waals surface area contributed by atoms with Crippen LogP contribution in [0.25, 0.3) is 0 Å². The average molecular weight is 144 g/mol. The third kappa shape index (κ3) is 3.89. The molecule has 1 nitrogen and oxygen atoms in total. The Morgan fingerprint density at radius 2 is 1.20 bits per heavy atom. The Morgan fingerprint density at radius 1 is 0.800 bits per heavy atom. The molecule has 0 aromatic heterocycles. The molecule has 1 aliphatic heterocycles. The molecule has 1 rings (SSSR count). The molecule has 1 heterocycles. The van der Waals surface area contributed by atoms with Gasteiger partial charge in [0.1, 0.15) is 0 Å². The van der Waals surface area contributed by atoms with E-state index in [9.17, 15) is 0 Å². The van der Waals surface area contributed by atoms with E-state index >= 15 is 0 Å². The Labute approximate surface area is 65.6 Å². The maximum absolute atomic E-state index is 2.32. The van der Waals surface area contributed by atoms with Crippen molar-refractivity contribution in [2.75, 3.05) is 27.2 Å². The van der Waals surface area contributed by atoms with E-state index in [0.717, 1.165) is 0 Å². The Morgan fingerprint density at radius 3 is 1.40 bits per heavy atom. The van der Waals surface area contributed by atoms with E-state index < -0.39 is 0 Å². The van der Waals surface area contributed by atoms with E-state index in [1.807, 2.05) is 13.8 Å². The van der Waals surface area contributed by atoms with Gasteiger partial charge in [0.15, 0.2) is 0 Å². The van der Waals surface area contributed by atoms with Crippen LogP contribution in [0, 0.1) is 0 Å². The summed E-state index contributed by atoms with van der Waals surface area (Å²) in [7, 11) is 4.64. The van der Waals surface area contributed by atoms with Crippen molar-refractivity contribution in [3.05, 3.63) is 0 Å². The number of likely N-dealkylation sites (tertiary alicyclic amines) is 1. The number of hydrogen-bond donors (Lipinski definition) is 0. The summed E-state index contributed by atoms with van der Waals surface area (Å²) in [6, 6.07) is 0. The molecule has 0 atom stereocenters. The van der Waals surface area contributed by atoms with Crippen molar-refractivity contribution < 1.29 is 4.48 Å². The monoisotopic (exact) mass is 144 g/mol. The van der Waals surface area contributed by atoms with Crippen molar-refractivity contribution in [1.82, 2.24) is 0 Å². The van der Waals surface area contributed by atoms with Crippen LogP contribution in [0.2, 0.25) is 0 Å². The van der Waals surface area contributed by atoms with Crippen molar-refractivity contribution in [3.8, 4) is 0 Å². The van der Waals surface area contributed by atoms with Gasteiger partial charge in [-0.3, -0.25) is 0 Å². The summed E-state index contributed by atoms with van der Waals surface area (Å²) < 4.78 is 1.25. The fourth-order valence-electron chi connectivity index (χ4n) is 1.37. The van der Waals surface area contributed by atoms with Gasteiger partial charge in [0.05, 0.1) is 27.2 Å². The first-order chi connectivity index (χ1) is 4.71. The Hall–Kier alpha value is -0.0400. The SMILES string of the molecule is CC.C[N+]1(C)CCCCC1. The van der Waals surface area contributed by atoms with Crippen LogP contribution in [0.1, 0.15) is 33.1 Å². The molecule has 0 unspecified atom stereocenters. The summed E-state index contributed by atoms with van der Waals surface area (Å²) in [6.07, 6.45) is 4.34. The molecule has 1 heteroatoms. The summed E-state index contributed by atoms with van der Waals surface area (Å²) in [4.78, 5) is 0. The molecule has 0 N–H and O–H groups in total. The van der Waals surface area contributed by atoms with Crippen molar-refractivity contribution >= 4 is 0 Å². The number of nitrogens with zero attached hydrogens (tertiary/aromatic N) is 1. The minimum Gasteiger partial charge on any atom is -0.328 e. The molecule has 0 aliphatic carbocycles. The Balaban J connectivity index is 0.000000371. The topological polar surface area (TPSA) is 0 Å². The van der Waals surface area contributed by atoms with Gasteiger partial charge < -0.3 is 4.48 Å². The second-order valence-corrected chi connectivity index (χ2v) is 3.44. The van der Waals surface area contributed by atoms with E-state index in [-0.39, 0.29) is 0 Å². The lowest BCUT2D eigenvalue weighted by Gasteiger charge is -2.33. The molecule has 0 bridgehead atoms. The zero-order valence-corrected chi connectivity index (χ0v) is 7.98. The highest BCUT2D eigenvalue weighted by Gasteiger charge is 2.17. The Kier molecular flexibility index (Phi) is 4.71. The summed E-state index contributed by atoms with van der Waals surface area (Å²) in [6.45, 7) is 6.78. The maximum Gasteiger partial charge on any atom is 0.0782 e. The predicted octanol–water partition coefficient (Wildman–Crippen LogP) is 2.27. The molecule has 0 amide bonds. The first-order valence-electron chi connectivity index (χ1n) is 4.53. The highest BCUT2D eigenvalue weighted by Crippen LogP contribution is 2.11. The predicted molar refractivity (Wildman–Crippen MR) is 47.0 cm³/mol. The van der Waals surface area contributed by atoms with Gasteiger partial charge in [-0.05, 0) is 19.3 Å². The van der Waals surface area contributed by atoms with E-state index in [1.54, 1.807) is 0 Å². The fraction of sp³-hybridized carbons (Fsp3) is 1.00. The van der Waals surface area contributed by atoms with Crippen LogP contribution < -0.4 is 0 Å². The first kappa shape index (κ1) is 9.96. The number of quaternary nitrogens is 1. The van der Waals surface area contributed by atoms with Crippen LogP contribution in [0.15, 0.2) is 0 Å². The average Bonchev–Trinajstić information content (AvgIpc) is 1.92. The largest absolute Gasteiger partial charge is 0.328 e. The lowest BCUT2D eigenvalue weighted by molar-refractivity contribution is -0.894. The third-order valence-corrected chi connectivity index (χ3v) is 2.03. The van der Waals surface area contributed by atoms with Crippen LogP contribution in [-0.4, -0.2) is 31.7 Å². The number of hydrogen-bond acceptors (Lipinski definition) is 0. The zero-order valence-electron chi connectivity index (χ0n) is 7.98. The van der Waals surface area contributed by atoms with Crippen molar-refractivity contribution in [1.29, 1.82) is 0 Å². The smallest absolute Gasteiger partial charge is 0.0782 e. The van der Waals surface area contributed by atoms with Crippen LogP contribution in [0.4, 0.5) is 0 Å². The quantitative estimate of drug-likeness (QED) is 0.458. The van der Waals surface area contributed by atoms with E-state index in [2.05, 4.69) is 14.1 Å². The minimum atomic E-state index is 1.25. The fourth-order valence-corrected chi connectivity index (χ4v) is 1.37. The molecular formula is C9H22N+. The summed E-state index contributed by atoms with van der Waals surface area (Å²) in [5.41, 5.74) is 0. The normalized spacial score (nSPS) is 22.8. The minimum absolute atomic E-state index is 1.25. The molecule has 10 heavy (non-hydrogen) atoms. The second kappa shape index (κ2) is 4.73. The molecule has 0 saturated carbocycles. The third-order valence-electron chi connectivity index (χ3n) is 2.03. The van der Waals surface area contributed by atoms with Gasteiger partial charge in [0, 0.05) is 0 Å². The molecule has 1 saturated heterocycles. The molecule has 0 radical (unpaired) electrons. The van der Waals surface area contributed by atoms with Crippen LogP contribution in [-0.2, 0) is 0 Å².